The summed E-state index contributed by atoms with van der Waals surface area (Å²) in [5.74, 6) is 0.840. The molecule has 106 valence electrons. The fourth-order valence-corrected chi connectivity index (χ4v) is 3.90. The number of rotatable bonds is 7. The third-order valence-electron chi connectivity index (χ3n) is 3.83. The molecular formula is C17H27NS. The minimum atomic E-state index is 0.656. The smallest absolute Gasteiger partial charge is 0.0260 e. The third kappa shape index (κ3) is 4.85. The molecule has 1 aromatic carbocycles. The average Bonchev–Trinajstić information content (AvgIpc) is 2.78. The molecular weight excluding hydrogens is 250 g/mol. The van der Waals surface area contributed by atoms with Crippen molar-refractivity contribution in [1.29, 1.82) is 0 Å². The molecule has 0 saturated heterocycles. The van der Waals surface area contributed by atoms with Gasteiger partial charge in [-0.2, -0.15) is 0 Å². The maximum absolute atomic E-state index is 3.71. The molecule has 19 heavy (non-hydrogen) atoms. The first-order chi connectivity index (χ1) is 9.15. The number of hydrogen-bond donors (Lipinski definition) is 1. The number of thioether (sulfide) groups is 1. The fraction of sp³-hybridized carbons (Fsp3) is 0.647. The number of nitrogens with one attached hydrogen (secondary N) is 1. The molecule has 1 N–H and O–H groups in total. The summed E-state index contributed by atoms with van der Waals surface area (Å²) in [6, 6.07) is 9.49. The maximum atomic E-state index is 3.71. The van der Waals surface area contributed by atoms with Crippen LogP contribution in [0.3, 0.4) is 0 Å². The summed E-state index contributed by atoms with van der Waals surface area (Å²) in [4.78, 5) is 1.49. The van der Waals surface area contributed by atoms with Crippen molar-refractivity contribution in [3.8, 4) is 0 Å². The first-order valence-corrected chi connectivity index (χ1v) is 8.51. The molecule has 1 heterocycles. The molecule has 0 spiro atoms. The lowest BCUT2D eigenvalue weighted by molar-refractivity contribution is 0.457. The molecule has 2 rings (SSSR count). The van der Waals surface area contributed by atoms with E-state index in [1.54, 1.807) is 0 Å². The highest BCUT2D eigenvalue weighted by molar-refractivity contribution is 8.00. The van der Waals surface area contributed by atoms with Gasteiger partial charge in [0.2, 0.25) is 0 Å². The molecule has 0 fully saturated rings. The fourth-order valence-electron chi connectivity index (χ4n) is 2.63. The van der Waals surface area contributed by atoms with Crippen LogP contribution < -0.4 is 5.32 Å². The van der Waals surface area contributed by atoms with Crippen LogP contribution in [0.2, 0.25) is 0 Å². The van der Waals surface area contributed by atoms with Gasteiger partial charge in [0.25, 0.3) is 0 Å². The Morgan fingerprint density at radius 3 is 2.74 bits per heavy atom. The molecule has 2 unspecified atom stereocenters. The molecule has 2 heteroatoms. The van der Waals surface area contributed by atoms with Gasteiger partial charge in [0.15, 0.2) is 0 Å². The van der Waals surface area contributed by atoms with Crippen LogP contribution in [0.15, 0.2) is 29.2 Å². The van der Waals surface area contributed by atoms with Gasteiger partial charge in [-0.05, 0) is 37.3 Å². The Bertz CT molecular complexity index is 364. The van der Waals surface area contributed by atoms with E-state index >= 15 is 0 Å². The zero-order valence-electron chi connectivity index (χ0n) is 12.5. The second kappa shape index (κ2) is 7.35. The van der Waals surface area contributed by atoms with Crippen molar-refractivity contribution in [3.63, 3.8) is 0 Å². The van der Waals surface area contributed by atoms with Gasteiger partial charge >= 0.3 is 0 Å². The van der Waals surface area contributed by atoms with Crippen molar-refractivity contribution in [2.75, 3.05) is 6.54 Å². The van der Waals surface area contributed by atoms with Crippen LogP contribution in [-0.4, -0.2) is 17.8 Å². The average molecular weight is 277 g/mol. The maximum Gasteiger partial charge on any atom is 0.0260 e. The lowest BCUT2D eigenvalue weighted by atomic mass is 10.0. The number of fused-ring (bicyclic) bond motifs is 1. The van der Waals surface area contributed by atoms with Crippen LogP contribution in [0.25, 0.3) is 0 Å². The Hall–Kier alpha value is -0.470. The van der Waals surface area contributed by atoms with Gasteiger partial charge in [-0.25, -0.2) is 0 Å². The summed E-state index contributed by atoms with van der Waals surface area (Å²) in [7, 11) is 0. The SMILES string of the molecule is CC(C)CCCC(C)NCC1Cc2ccccc2S1. The number of hydrogen-bond acceptors (Lipinski definition) is 2. The van der Waals surface area contributed by atoms with Crippen molar-refractivity contribution in [2.45, 2.75) is 62.6 Å². The summed E-state index contributed by atoms with van der Waals surface area (Å²) in [5.41, 5.74) is 1.53. The molecule has 0 amide bonds. The van der Waals surface area contributed by atoms with Crippen molar-refractivity contribution in [1.82, 2.24) is 5.32 Å². The van der Waals surface area contributed by atoms with Gasteiger partial charge in [0.1, 0.15) is 0 Å². The van der Waals surface area contributed by atoms with E-state index in [2.05, 4.69) is 50.4 Å². The van der Waals surface area contributed by atoms with Crippen molar-refractivity contribution < 1.29 is 0 Å². The van der Waals surface area contributed by atoms with Crippen LogP contribution in [0.1, 0.15) is 45.6 Å². The van der Waals surface area contributed by atoms with E-state index in [0.29, 0.717) is 6.04 Å². The van der Waals surface area contributed by atoms with E-state index < -0.39 is 0 Å². The molecule has 2 atom stereocenters. The third-order valence-corrected chi connectivity index (χ3v) is 5.15. The summed E-state index contributed by atoms with van der Waals surface area (Å²) in [6.07, 6.45) is 5.24. The van der Waals surface area contributed by atoms with Gasteiger partial charge in [-0.15, -0.1) is 11.8 Å². The highest BCUT2D eigenvalue weighted by Gasteiger charge is 2.21. The molecule has 1 aliphatic heterocycles. The van der Waals surface area contributed by atoms with Crippen LogP contribution >= 0.6 is 11.8 Å². The monoisotopic (exact) mass is 277 g/mol. The van der Waals surface area contributed by atoms with E-state index in [-0.39, 0.29) is 0 Å². The minimum absolute atomic E-state index is 0.656. The Balaban J connectivity index is 1.65. The van der Waals surface area contributed by atoms with Crippen LogP contribution in [0, 0.1) is 5.92 Å². The van der Waals surface area contributed by atoms with Gasteiger partial charge in [-0.1, -0.05) is 44.9 Å². The molecule has 0 bridgehead atoms. The summed E-state index contributed by atoms with van der Waals surface area (Å²) in [6.45, 7) is 8.09. The molecule has 1 aromatic rings. The second-order valence-electron chi connectivity index (χ2n) is 6.19. The normalized spacial score (nSPS) is 19.7. The molecule has 0 radical (unpaired) electrons. The summed E-state index contributed by atoms with van der Waals surface area (Å²) in [5, 5.41) is 4.44. The van der Waals surface area contributed by atoms with Gasteiger partial charge in [-0.3, -0.25) is 0 Å². The Morgan fingerprint density at radius 2 is 2.00 bits per heavy atom. The molecule has 1 nitrogen and oxygen atoms in total. The highest BCUT2D eigenvalue weighted by atomic mass is 32.2. The minimum Gasteiger partial charge on any atom is -0.313 e. The lowest BCUT2D eigenvalue weighted by Gasteiger charge is -2.17. The Morgan fingerprint density at radius 1 is 1.21 bits per heavy atom. The zero-order chi connectivity index (χ0) is 13.7. The Kier molecular flexibility index (Phi) is 5.77. The van der Waals surface area contributed by atoms with Crippen LogP contribution in [0.5, 0.6) is 0 Å². The van der Waals surface area contributed by atoms with Gasteiger partial charge in [0.05, 0.1) is 0 Å². The molecule has 0 aliphatic carbocycles. The van der Waals surface area contributed by atoms with Crippen molar-refractivity contribution in [2.24, 2.45) is 5.92 Å². The van der Waals surface area contributed by atoms with Crippen LogP contribution in [0.4, 0.5) is 0 Å². The van der Waals surface area contributed by atoms with E-state index in [0.717, 1.165) is 17.7 Å². The van der Waals surface area contributed by atoms with E-state index in [1.807, 2.05) is 11.8 Å². The Labute approximate surface area is 122 Å². The molecule has 1 aliphatic rings. The quantitative estimate of drug-likeness (QED) is 0.787. The lowest BCUT2D eigenvalue weighted by Crippen LogP contribution is -2.32. The van der Waals surface area contributed by atoms with Crippen LogP contribution in [-0.2, 0) is 6.42 Å². The zero-order valence-corrected chi connectivity index (χ0v) is 13.3. The summed E-state index contributed by atoms with van der Waals surface area (Å²) < 4.78 is 0. The van der Waals surface area contributed by atoms with Crippen molar-refractivity contribution in [3.05, 3.63) is 29.8 Å². The highest BCUT2D eigenvalue weighted by Crippen LogP contribution is 2.36. The molecule has 0 saturated carbocycles. The van der Waals surface area contributed by atoms with Gasteiger partial charge < -0.3 is 5.32 Å². The van der Waals surface area contributed by atoms with Crippen molar-refractivity contribution >= 4 is 11.8 Å². The first-order valence-electron chi connectivity index (χ1n) is 7.63. The molecule has 0 aromatic heterocycles. The van der Waals surface area contributed by atoms with E-state index in [9.17, 15) is 0 Å². The van der Waals surface area contributed by atoms with Gasteiger partial charge in [0, 0.05) is 22.7 Å². The summed E-state index contributed by atoms with van der Waals surface area (Å²) >= 11 is 2.04. The van der Waals surface area contributed by atoms with E-state index in [4.69, 9.17) is 0 Å². The number of benzene rings is 1. The second-order valence-corrected chi connectivity index (χ2v) is 7.53. The predicted molar refractivity (Wildman–Crippen MR) is 85.9 cm³/mol. The van der Waals surface area contributed by atoms with E-state index in [1.165, 1.54) is 36.1 Å². The predicted octanol–water partition coefficient (Wildman–Crippen LogP) is 4.51. The largest absolute Gasteiger partial charge is 0.313 e. The standard InChI is InChI=1S/C17H27NS/c1-13(2)7-6-8-14(3)18-12-16-11-15-9-4-5-10-17(15)19-16/h4-5,9-10,13-14,16,18H,6-8,11-12H2,1-3H3. The first kappa shape index (κ1) is 14.9. The topological polar surface area (TPSA) is 12.0 Å².